The van der Waals surface area contributed by atoms with Gasteiger partial charge in [-0.3, -0.25) is 9.80 Å². The van der Waals surface area contributed by atoms with Crippen LogP contribution in [0.25, 0.3) is 0 Å². The average Bonchev–Trinajstić information content (AvgIpc) is 3.02. The van der Waals surface area contributed by atoms with Crippen molar-refractivity contribution in [1.82, 2.24) is 9.80 Å². The Morgan fingerprint density at radius 3 is 2.14 bits per heavy atom. The van der Waals surface area contributed by atoms with E-state index in [0.29, 0.717) is 40.9 Å². The molecule has 4 aromatic carbocycles. The molecular weight excluding hydrogens is 556 g/mol. The highest BCUT2D eigenvalue weighted by molar-refractivity contribution is 5.63. The van der Waals surface area contributed by atoms with Crippen LogP contribution in [-0.4, -0.2) is 61.4 Å². The van der Waals surface area contributed by atoms with Gasteiger partial charge in [0.15, 0.2) is 34.5 Å². The molecule has 0 aliphatic carbocycles. The molecule has 228 valence electrons. The molecule has 2 N–H and O–H groups in total. The molecule has 8 rings (SSSR count). The van der Waals surface area contributed by atoms with Crippen molar-refractivity contribution in [3.8, 4) is 46.0 Å². The maximum absolute atomic E-state index is 11.3. The van der Waals surface area contributed by atoms with E-state index in [4.69, 9.17) is 18.9 Å². The van der Waals surface area contributed by atoms with Crippen LogP contribution in [0.15, 0.2) is 60.7 Å². The summed E-state index contributed by atoms with van der Waals surface area (Å²) in [6.07, 6.45) is 3.04. The van der Waals surface area contributed by atoms with Crippen molar-refractivity contribution in [2.24, 2.45) is 0 Å². The number of phenols is 2. The van der Waals surface area contributed by atoms with Gasteiger partial charge in [0.05, 0.1) is 14.2 Å². The Morgan fingerprint density at radius 1 is 0.705 bits per heavy atom. The fraction of sp³-hybridized carbons (Fsp3) is 0.333. The standard InChI is InChI=1S/C36H38N2O6/c1-37-13-11-23-18-31(40)33-19-26(23)28(37)16-22-7-10-30(39)32(17-22)43-24-8-5-21(6-9-24)15-29-27-20-34(41-3)36(42-4)35(44-33)25(27)12-14-38(29)2/h5-10,17-20,28-29,39-40H,11-16H2,1-4H3. The lowest BCUT2D eigenvalue weighted by molar-refractivity contribution is 0.224. The Kier molecular flexibility index (Phi) is 7.26. The molecule has 4 aliphatic heterocycles. The van der Waals surface area contributed by atoms with E-state index in [1.165, 1.54) is 0 Å². The van der Waals surface area contributed by atoms with Crippen molar-refractivity contribution >= 4 is 0 Å². The lowest BCUT2D eigenvalue weighted by atomic mass is 9.87. The fourth-order valence-corrected chi connectivity index (χ4v) is 6.97. The molecule has 10 bridgehead atoms. The second-order valence-corrected chi connectivity index (χ2v) is 12.1. The monoisotopic (exact) mass is 594 g/mol. The second kappa shape index (κ2) is 11.3. The molecule has 0 amide bonds. The van der Waals surface area contributed by atoms with Gasteiger partial charge >= 0.3 is 0 Å². The first-order valence-corrected chi connectivity index (χ1v) is 15.1. The van der Waals surface area contributed by atoms with Crippen LogP contribution in [0, 0.1) is 0 Å². The van der Waals surface area contributed by atoms with Gasteiger partial charge < -0.3 is 29.2 Å². The van der Waals surface area contributed by atoms with E-state index in [2.05, 4.69) is 42.1 Å². The van der Waals surface area contributed by atoms with Crippen LogP contribution < -0.4 is 18.9 Å². The summed E-state index contributed by atoms with van der Waals surface area (Å²) in [5.74, 6) is 3.36. The molecule has 8 heteroatoms. The van der Waals surface area contributed by atoms with Crippen LogP contribution in [0.5, 0.6) is 46.0 Å². The molecule has 0 saturated heterocycles. The molecule has 0 fully saturated rings. The summed E-state index contributed by atoms with van der Waals surface area (Å²) in [7, 11) is 7.52. The second-order valence-electron chi connectivity index (χ2n) is 12.1. The van der Waals surface area contributed by atoms with Crippen molar-refractivity contribution in [3.63, 3.8) is 0 Å². The number of benzene rings is 4. The molecule has 4 heterocycles. The minimum atomic E-state index is 0.0274. The zero-order valence-corrected chi connectivity index (χ0v) is 25.6. The Hall–Kier alpha value is -4.40. The van der Waals surface area contributed by atoms with Crippen LogP contribution >= 0.6 is 0 Å². The van der Waals surface area contributed by atoms with E-state index in [0.717, 1.165) is 65.7 Å². The van der Waals surface area contributed by atoms with Crippen LogP contribution in [0.2, 0.25) is 0 Å². The quantitative estimate of drug-likeness (QED) is 0.270. The highest BCUT2D eigenvalue weighted by atomic mass is 16.5. The zero-order chi connectivity index (χ0) is 30.5. The number of likely N-dealkylation sites (N-methyl/N-ethyl adjacent to an activating group) is 2. The lowest BCUT2D eigenvalue weighted by Crippen LogP contribution is -2.34. The van der Waals surface area contributed by atoms with Gasteiger partial charge in [-0.15, -0.1) is 0 Å². The van der Waals surface area contributed by atoms with Crippen molar-refractivity contribution < 1.29 is 29.2 Å². The molecule has 44 heavy (non-hydrogen) atoms. The van der Waals surface area contributed by atoms with Crippen LogP contribution in [0.1, 0.15) is 45.5 Å². The molecular formula is C36H38N2O6. The molecule has 0 saturated carbocycles. The lowest BCUT2D eigenvalue weighted by Gasteiger charge is -2.37. The highest BCUT2D eigenvalue weighted by Crippen LogP contribution is 2.50. The van der Waals surface area contributed by atoms with E-state index in [1.54, 1.807) is 20.3 Å². The summed E-state index contributed by atoms with van der Waals surface area (Å²) in [5, 5.41) is 21.9. The van der Waals surface area contributed by atoms with Gasteiger partial charge in [0.1, 0.15) is 5.75 Å². The first-order chi connectivity index (χ1) is 21.3. The zero-order valence-electron chi connectivity index (χ0n) is 25.6. The van der Waals surface area contributed by atoms with Crippen LogP contribution in [0.4, 0.5) is 0 Å². The molecule has 4 aromatic rings. The third-order valence-electron chi connectivity index (χ3n) is 9.46. The number of aromatic hydroxyl groups is 2. The van der Waals surface area contributed by atoms with Crippen LogP contribution in [-0.2, 0) is 25.7 Å². The van der Waals surface area contributed by atoms with E-state index in [-0.39, 0.29) is 23.6 Å². The van der Waals surface area contributed by atoms with Gasteiger partial charge in [-0.1, -0.05) is 18.2 Å². The smallest absolute Gasteiger partial charge is 0.204 e. The number of methoxy groups -OCH3 is 2. The summed E-state index contributed by atoms with van der Waals surface area (Å²) in [6.45, 7) is 1.69. The minimum absolute atomic E-state index is 0.0274. The Balaban J connectivity index is 1.44. The summed E-state index contributed by atoms with van der Waals surface area (Å²) in [5.41, 5.74) is 6.55. The molecule has 0 aromatic heterocycles. The summed E-state index contributed by atoms with van der Waals surface area (Å²) >= 11 is 0. The average molecular weight is 595 g/mol. The normalized spacial score (nSPS) is 19.6. The number of phenolic OH excluding ortho intramolecular Hbond substituents is 2. The first-order valence-electron chi connectivity index (χ1n) is 15.1. The minimum Gasteiger partial charge on any atom is -0.504 e. The van der Waals surface area contributed by atoms with Gasteiger partial charge in [0, 0.05) is 30.7 Å². The van der Waals surface area contributed by atoms with E-state index >= 15 is 0 Å². The van der Waals surface area contributed by atoms with Gasteiger partial charge in [-0.2, -0.15) is 0 Å². The molecule has 2 unspecified atom stereocenters. The Morgan fingerprint density at radius 2 is 1.39 bits per heavy atom. The van der Waals surface area contributed by atoms with E-state index < -0.39 is 0 Å². The van der Waals surface area contributed by atoms with Gasteiger partial charge in [0.2, 0.25) is 5.75 Å². The topological polar surface area (TPSA) is 83.9 Å². The molecule has 0 radical (unpaired) electrons. The molecule has 4 aliphatic rings. The summed E-state index contributed by atoms with van der Waals surface area (Å²) in [4.78, 5) is 4.68. The van der Waals surface area contributed by atoms with Gasteiger partial charge in [-0.05, 0) is 110 Å². The molecule has 2 atom stereocenters. The summed E-state index contributed by atoms with van der Waals surface area (Å²) < 4.78 is 24.6. The van der Waals surface area contributed by atoms with Crippen molar-refractivity contribution in [2.45, 2.75) is 37.8 Å². The highest BCUT2D eigenvalue weighted by Gasteiger charge is 2.33. The Bertz CT molecular complexity index is 1720. The fourth-order valence-electron chi connectivity index (χ4n) is 6.97. The third-order valence-corrected chi connectivity index (χ3v) is 9.46. The Labute approximate surface area is 258 Å². The maximum atomic E-state index is 11.3. The first kappa shape index (κ1) is 28.4. The molecule has 8 nitrogen and oxygen atoms in total. The predicted octanol–water partition coefficient (Wildman–Crippen LogP) is 6.56. The number of hydrogen-bond donors (Lipinski definition) is 2. The number of fused-ring (bicyclic) bond motifs is 2. The number of ether oxygens (including phenoxy) is 4. The molecule has 0 spiro atoms. The number of rotatable bonds is 2. The van der Waals surface area contributed by atoms with E-state index in [1.807, 2.05) is 36.4 Å². The predicted molar refractivity (Wildman–Crippen MR) is 168 cm³/mol. The van der Waals surface area contributed by atoms with Crippen molar-refractivity contribution in [1.29, 1.82) is 0 Å². The van der Waals surface area contributed by atoms with Gasteiger partial charge in [-0.25, -0.2) is 0 Å². The van der Waals surface area contributed by atoms with Crippen molar-refractivity contribution in [3.05, 3.63) is 94.0 Å². The summed E-state index contributed by atoms with van der Waals surface area (Å²) in [6, 6.07) is 19.6. The number of nitrogens with zero attached hydrogens (tertiary/aromatic N) is 2. The third kappa shape index (κ3) is 4.98. The van der Waals surface area contributed by atoms with Crippen molar-refractivity contribution in [2.75, 3.05) is 41.4 Å². The van der Waals surface area contributed by atoms with E-state index in [9.17, 15) is 10.2 Å². The number of hydrogen-bond acceptors (Lipinski definition) is 8. The van der Waals surface area contributed by atoms with Crippen LogP contribution in [0.3, 0.4) is 0 Å². The van der Waals surface area contributed by atoms with Gasteiger partial charge in [0.25, 0.3) is 0 Å². The maximum Gasteiger partial charge on any atom is 0.204 e. The SMILES string of the molecule is COc1cc2c3c(c1OC)Oc1cc4c(cc1O)CCN(C)C4Cc1ccc(O)c(c1)Oc1ccc(cc1)CC2N(C)CC3. The largest absolute Gasteiger partial charge is 0.504 e.